The summed E-state index contributed by atoms with van der Waals surface area (Å²) in [5.41, 5.74) is 3.35. The number of H-pyrrole nitrogens is 1. The van der Waals surface area contributed by atoms with Gasteiger partial charge in [0.1, 0.15) is 17.6 Å². The Morgan fingerprint density at radius 3 is 2.90 bits per heavy atom. The number of nitriles is 1. The van der Waals surface area contributed by atoms with E-state index in [1.54, 1.807) is 7.11 Å². The second kappa shape index (κ2) is 8.93. The zero-order chi connectivity index (χ0) is 20.9. The first-order valence-electron chi connectivity index (χ1n) is 10.2. The lowest BCUT2D eigenvalue weighted by Gasteiger charge is -2.23. The number of aromatic nitrogens is 4. The van der Waals surface area contributed by atoms with Gasteiger partial charge < -0.3 is 15.0 Å². The van der Waals surface area contributed by atoms with Crippen LogP contribution in [0.5, 0.6) is 5.75 Å². The summed E-state index contributed by atoms with van der Waals surface area (Å²) in [4.78, 5) is 10.7. The average Bonchev–Trinajstić information content (AvgIpc) is 3.43. The summed E-state index contributed by atoms with van der Waals surface area (Å²) in [6.45, 7) is 4.53. The standard InChI is InChI=1S/C22H25N7O/c1-3-29-8-4-5-17(29)9-15-6-7-18(20(10-15)30-2)19-11-21(28-27-19)26-22-14-24-16(12-23)13-25-22/h6-7,10-11,13-14,17H,3-5,8-9H2,1-2H3,(H2,25,26,27,28)/t17-/m0/s1. The molecule has 8 heteroatoms. The van der Waals surface area contributed by atoms with Crippen LogP contribution < -0.4 is 10.1 Å². The van der Waals surface area contributed by atoms with Gasteiger partial charge in [-0.15, -0.1) is 0 Å². The first-order valence-corrected chi connectivity index (χ1v) is 10.2. The summed E-state index contributed by atoms with van der Waals surface area (Å²) >= 11 is 0. The van der Waals surface area contributed by atoms with Gasteiger partial charge in [-0.05, 0) is 50.0 Å². The molecule has 1 fully saturated rings. The number of methoxy groups -OCH3 is 1. The van der Waals surface area contributed by atoms with Crippen molar-refractivity contribution in [3.63, 3.8) is 0 Å². The van der Waals surface area contributed by atoms with E-state index in [-0.39, 0.29) is 5.69 Å². The molecule has 154 valence electrons. The van der Waals surface area contributed by atoms with Gasteiger partial charge >= 0.3 is 0 Å². The lowest BCUT2D eigenvalue weighted by Crippen LogP contribution is -2.30. The van der Waals surface area contributed by atoms with E-state index in [1.165, 1.54) is 37.3 Å². The van der Waals surface area contributed by atoms with E-state index in [2.05, 4.69) is 55.5 Å². The Morgan fingerprint density at radius 2 is 2.17 bits per heavy atom. The summed E-state index contributed by atoms with van der Waals surface area (Å²) in [5.74, 6) is 1.95. The van der Waals surface area contributed by atoms with Gasteiger partial charge in [-0.3, -0.25) is 5.10 Å². The van der Waals surface area contributed by atoms with Crippen molar-refractivity contribution in [1.82, 2.24) is 25.1 Å². The zero-order valence-corrected chi connectivity index (χ0v) is 17.2. The first-order chi connectivity index (χ1) is 14.7. The molecular formula is C22H25N7O. The van der Waals surface area contributed by atoms with E-state index in [0.29, 0.717) is 17.7 Å². The number of likely N-dealkylation sites (N-methyl/N-ethyl adjacent to an activating group) is 1. The highest BCUT2D eigenvalue weighted by molar-refractivity contribution is 5.71. The Balaban J connectivity index is 1.50. The minimum Gasteiger partial charge on any atom is -0.496 e. The molecular weight excluding hydrogens is 378 g/mol. The Morgan fingerprint density at radius 1 is 1.27 bits per heavy atom. The average molecular weight is 403 g/mol. The minimum atomic E-state index is 0.271. The molecule has 30 heavy (non-hydrogen) atoms. The van der Waals surface area contributed by atoms with Crippen molar-refractivity contribution in [1.29, 1.82) is 5.26 Å². The first kappa shape index (κ1) is 19.9. The molecule has 0 unspecified atom stereocenters. The summed E-state index contributed by atoms with van der Waals surface area (Å²) in [6.07, 6.45) is 6.50. The Hall–Kier alpha value is -3.44. The van der Waals surface area contributed by atoms with Crippen molar-refractivity contribution in [2.75, 3.05) is 25.5 Å². The van der Waals surface area contributed by atoms with E-state index < -0.39 is 0 Å². The molecule has 0 saturated carbocycles. The number of aromatic amines is 1. The third-order valence-electron chi connectivity index (χ3n) is 5.53. The minimum absolute atomic E-state index is 0.271. The van der Waals surface area contributed by atoms with Gasteiger partial charge in [0.05, 0.1) is 25.2 Å². The van der Waals surface area contributed by atoms with Gasteiger partial charge in [-0.2, -0.15) is 10.4 Å². The van der Waals surface area contributed by atoms with Crippen LogP contribution in [-0.2, 0) is 6.42 Å². The van der Waals surface area contributed by atoms with Crippen molar-refractivity contribution < 1.29 is 4.74 Å². The second-order valence-electron chi connectivity index (χ2n) is 7.35. The van der Waals surface area contributed by atoms with Crippen molar-refractivity contribution in [2.24, 2.45) is 0 Å². The molecule has 0 spiro atoms. The van der Waals surface area contributed by atoms with Crippen molar-refractivity contribution >= 4 is 11.6 Å². The number of anilines is 2. The maximum atomic E-state index is 8.82. The van der Waals surface area contributed by atoms with Crippen LogP contribution in [0.25, 0.3) is 11.3 Å². The maximum absolute atomic E-state index is 8.82. The lowest BCUT2D eigenvalue weighted by atomic mass is 10.0. The molecule has 0 radical (unpaired) electrons. The predicted octanol–water partition coefficient (Wildman–Crippen LogP) is 3.52. The molecule has 2 N–H and O–H groups in total. The fourth-order valence-corrected chi connectivity index (χ4v) is 4.01. The molecule has 1 aromatic carbocycles. The second-order valence-corrected chi connectivity index (χ2v) is 7.35. The third-order valence-corrected chi connectivity index (χ3v) is 5.53. The van der Waals surface area contributed by atoms with Crippen LogP contribution in [0.15, 0.2) is 36.7 Å². The molecule has 3 heterocycles. The summed E-state index contributed by atoms with van der Waals surface area (Å²) in [5, 5.41) is 19.2. The third kappa shape index (κ3) is 4.26. The SMILES string of the molecule is CCN1CCC[C@H]1Cc1ccc(-c2cc(Nc3cnc(C#N)cn3)n[nH]2)c(OC)c1. The molecule has 0 bridgehead atoms. The number of benzene rings is 1. The number of hydrogen-bond acceptors (Lipinski definition) is 7. The number of ether oxygens (including phenoxy) is 1. The highest BCUT2D eigenvalue weighted by Gasteiger charge is 2.23. The van der Waals surface area contributed by atoms with Crippen LogP contribution in [-0.4, -0.2) is 51.3 Å². The lowest BCUT2D eigenvalue weighted by molar-refractivity contribution is 0.266. The van der Waals surface area contributed by atoms with Crippen molar-refractivity contribution in [2.45, 2.75) is 32.2 Å². The Labute approximate surface area is 175 Å². The van der Waals surface area contributed by atoms with Crippen LogP contribution in [0.4, 0.5) is 11.6 Å². The number of nitrogens with one attached hydrogen (secondary N) is 2. The zero-order valence-electron chi connectivity index (χ0n) is 17.2. The topological polar surface area (TPSA) is 103 Å². The van der Waals surface area contributed by atoms with Gasteiger partial charge in [0.15, 0.2) is 11.5 Å². The Kier molecular flexibility index (Phi) is 5.91. The molecule has 2 aromatic heterocycles. The fourth-order valence-electron chi connectivity index (χ4n) is 4.01. The number of likely N-dealkylation sites (tertiary alicyclic amines) is 1. The molecule has 0 aliphatic carbocycles. The van der Waals surface area contributed by atoms with Crippen LogP contribution in [0.2, 0.25) is 0 Å². The van der Waals surface area contributed by atoms with E-state index in [1.807, 2.05) is 12.1 Å². The number of rotatable bonds is 7. The van der Waals surface area contributed by atoms with Gasteiger partial charge in [0, 0.05) is 17.7 Å². The van der Waals surface area contributed by atoms with Crippen molar-refractivity contribution in [3.8, 4) is 23.1 Å². The molecule has 1 aliphatic heterocycles. The van der Waals surface area contributed by atoms with Gasteiger partial charge in [-0.1, -0.05) is 13.0 Å². The van der Waals surface area contributed by atoms with Gasteiger partial charge in [-0.25, -0.2) is 9.97 Å². The largest absolute Gasteiger partial charge is 0.496 e. The molecule has 8 nitrogen and oxygen atoms in total. The normalized spacial score (nSPS) is 16.4. The van der Waals surface area contributed by atoms with Crippen LogP contribution in [0.1, 0.15) is 31.0 Å². The number of nitrogens with zero attached hydrogens (tertiary/aromatic N) is 5. The van der Waals surface area contributed by atoms with E-state index in [0.717, 1.165) is 30.0 Å². The smallest absolute Gasteiger partial charge is 0.158 e. The van der Waals surface area contributed by atoms with Crippen LogP contribution in [0, 0.1) is 11.3 Å². The maximum Gasteiger partial charge on any atom is 0.158 e. The quantitative estimate of drug-likeness (QED) is 0.622. The highest BCUT2D eigenvalue weighted by atomic mass is 16.5. The Bertz CT molecular complexity index is 1040. The van der Waals surface area contributed by atoms with E-state index >= 15 is 0 Å². The predicted molar refractivity (Wildman–Crippen MR) is 115 cm³/mol. The van der Waals surface area contributed by atoms with Gasteiger partial charge in [0.2, 0.25) is 0 Å². The molecule has 3 aromatic rings. The molecule has 1 saturated heterocycles. The van der Waals surface area contributed by atoms with Crippen LogP contribution >= 0.6 is 0 Å². The molecule has 0 amide bonds. The highest BCUT2D eigenvalue weighted by Crippen LogP contribution is 2.32. The van der Waals surface area contributed by atoms with Crippen LogP contribution in [0.3, 0.4) is 0 Å². The molecule has 1 atom stereocenters. The van der Waals surface area contributed by atoms with E-state index in [9.17, 15) is 0 Å². The van der Waals surface area contributed by atoms with Crippen molar-refractivity contribution in [3.05, 3.63) is 47.9 Å². The van der Waals surface area contributed by atoms with E-state index in [4.69, 9.17) is 10.00 Å². The fraction of sp³-hybridized carbons (Fsp3) is 0.364. The number of hydrogen-bond donors (Lipinski definition) is 2. The molecule has 1 aliphatic rings. The molecule has 4 rings (SSSR count). The summed E-state index contributed by atoms with van der Waals surface area (Å²) < 4.78 is 5.68. The summed E-state index contributed by atoms with van der Waals surface area (Å²) in [6, 6.07) is 10.8. The van der Waals surface area contributed by atoms with Gasteiger partial charge in [0.25, 0.3) is 0 Å². The monoisotopic (exact) mass is 403 g/mol. The summed E-state index contributed by atoms with van der Waals surface area (Å²) in [7, 11) is 1.69.